The SMILES string of the molecule is C=CCc1cc(C(C)(C)CC(C)(C)C)cc(-n2nc3ccccc3n2)c1OS(=O)(=O)c1ccccc1. The number of rotatable bonds is 8. The van der Waals surface area contributed by atoms with Gasteiger partial charge in [0.1, 0.15) is 21.6 Å². The molecule has 0 amide bonds. The molecule has 3 aromatic carbocycles. The second-order valence-corrected chi connectivity index (χ2v) is 12.5. The minimum Gasteiger partial charge on any atom is -0.376 e. The number of allylic oxidation sites excluding steroid dienone is 1. The van der Waals surface area contributed by atoms with Gasteiger partial charge in [0.05, 0.1) is 0 Å². The lowest BCUT2D eigenvalue weighted by molar-refractivity contribution is 0.284. The lowest BCUT2D eigenvalue weighted by Crippen LogP contribution is -2.25. The van der Waals surface area contributed by atoms with Gasteiger partial charge in [0.15, 0.2) is 5.75 Å². The summed E-state index contributed by atoms with van der Waals surface area (Å²) in [5.74, 6) is 0.203. The van der Waals surface area contributed by atoms with Crippen LogP contribution in [0.3, 0.4) is 0 Å². The van der Waals surface area contributed by atoms with Crippen molar-refractivity contribution in [2.45, 2.75) is 57.8 Å². The van der Waals surface area contributed by atoms with Crippen LogP contribution in [-0.2, 0) is 22.0 Å². The lowest BCUT2D eigenvalue weighted by atomic mass is 9.72. The molecule has 0 bridgehead atoms. The zero-order valence-corrected chi connectivity index (χ0v) is 22.3. The van der Waals surface area contributed by atoms with E-state index < -0.39 is 10.1 Å². The average Bonchev–Trinajstić information content (AvgIpc) is 3.23. The van der Waals surface area contributed by atoms with Crippen molar-refractivity contribution in [3.63, 3.8) is 0 Å². The lowest BCUT2D eigenvalue weighted by Gasteiger charge is -2.34. The molecule has 188 valence electrons. The van der Waals surface area contributed by atoms with E-state index in [1.54, 1.807) is 24.3 Å². The van der Waals surface area contributed by atoms with Crippen molar-refractivity contribution in [3.05, 3.63) is 90.5 Å². The molecule has 4 rings (SSSR count). The van der Waals surface area contributed by atoms with Gasteiger partial charge in [-0.05, 0) is 59.6 Å². The summed E-state index contributed by atoms with van der Waals surface area (Å²) in [5.41, 5.74) is 3.54. The minimum absolute atomic E-state index is 0.0798. The average molecular weight is 504 g/mol. The number of aromatic nitrogens is 3. The Labute approximate surface area is 213 Å². The number of fused-ring (bicyclic) bond motifs is 1. The van der Waals surface area contributed by atoms with E-state index in [0.29, 0.717) is 28.7 Å². The smallest absolute Gasteiger partial charge is 0.339 e. The van der Waals surface area contributed by atoms with Crippen LogP contribution in [0.1, 0.15) is 52.2 Å². The van der Waals surface area contributed by atoms with E-state index in [2.05, 4.69) is 51.4 Å². The Kier molecular flexibility index (Phi) is 6.80. The fourth-order valence-corrected chi connectivity index (χ4v) is 5.75. The summed E-state index contributed by atoms with van der Waals surface area (Å²) >= 11 is 0. The second kappa shape index (κ2) is 9.54. The number of hydrogen-bond acceptors (Lipinski definition) is 5. The maximum atomic E-state index is 13.3. The van der Waals surface area contributed by atoms with Crippen LogP contribution in [0, 0.1) is 5.41 Å². The molecule has 0 saturated carbocycles. The van der Waals surface area contributed by atoms with Gasteiger partial charge in [0.25, 0.3) is 0 Å². The number of hydrogen-bond donors (Lipinski definition) is 0. The summed E-state index contributed by atoms with van der Waals surface area (Å²) in [6, 6.07) is 19.6. The first-order valence-corrected chi connectivity index (χ1v) is 13.4. The highest BCUT2D eigenvalue weighted by atomic mass is 32.2. The Morgan fingerprint density at radius 2 is 1.50 bits per heavy atom. The molecule has 0 unspecified atom stereocenters. The van der Waals surface area contributed by atoms with Crippen LogP contribution in [0.4, 0.5) is 0 Å². The summed E-state index contributed by atoms with van der Waals surface area (Å²) in [6.07, 6.45) is 3.09. The van der Waals surface area contributed by atoms with Crippen molar-refractivity contribution in [2.75, 3.05) is 0 Å². The Morgan fingerprint density at radius 1 is 0.917 bits per heavy atom. The molecule has 0 radical (unpaired) electrons. The quantitative estimate of drug-likeness (QED) is 0.199. The summed E-state index contributed by atoms with van der Waals surface area (Å²) < 4.78 is 32.4. The fourth-order valence-electron chi connectivity index (χ4n) is 4.76. The van der Waals surface area contributed by atoms with Crippen molar-refractivity contribution in [3.8, 4) is 11.4 Å². The summed E-state index contributed by atoms with van der Waals surface area (Å²) in [5, 5.41) is 9.30. The van der Waals surface area contributed by atoms with Crippen molar-refractivity contribution < 1.29 is 12.6 Å². The molecule has 0 saturated heterocycles. The van der Waals surface area contributed by atoms with Crippen LogP contribution in [-0.4, -0.2) is 23.4 Å². The molecule has 0 aliphatic carbocycles. The zero-order chi connectivity index (χ0) is 26.1. The van der Waals surface area contributed by atoms with Crippen molar-refractivity contribution in [2.24, 2.45) is 5.41 Å². The highest BCUT2D eigenvalue weighted by molar-refractivity contribution is 7.87. The van der Waals surface area contributed by atoms with E-state index in [1.807, 2.05) is 36.4 Å². The van der Waals surface area contributed by atoms with E-state index in [1.165, 1.54) is 16.9 Å². The Balaban J connectivity index is 1.96. The summed E-state index contributed by atoms with van der Waals surface area (Å²) in [6.45, 7) is 14.9. The van der Waals surface area contributed by atoms with Crippen LogP contribution in [0.15, 0.2) is 84.3 Å². The predicted molar refractivity (Wildman–Crippen MR) is 144 cm³/mol. The van der Waals surface area contributed by atoms with E-state index in [0.717, 1.165) is 12.0 Å². The third-order valence-electron chi connectivity index (χ3n) is 5.99. The zero-order valence-electron chi connectivity index (χ0n) is 21.5. The van der Waals surface area contributed by atoms with E-state index in [-0.39, 0.29) is 21.5 Å². The van der Waals surface area contributed by atoms with E-state index in [4.69, 9.17) is 4.18 Å². The van der Waals surface area contributed by atoms with E-state index >= 15 is 0 Å². The molecule has 0 atom stereocenters. The van der Waals surface area contributed by atoms with Crippen molar-refractivity contribution in [1.29, 1.82) is 0 Å². The maximum absolute atomic E-state index is 13.3. The van der Waals surface area contributed by atoms with Gasteiger partial charge in [-0.1, -0.05) is 77.1 Å². The van der Waals surface area contributed by atoms with Crippen LogP contribution in [0.25, 0.3) is 16.7 Å². The van der Waals surface area contributed by atoms with Gasteiger partial charge in [-0.25, -0.2) is 0 Å². The molecule has 6 nitrogen and oxygen atoms in total. The fraction of sp³-hybridized carbons (Fsp3) is 0.310. The van der Waals surface area contributed by atoms with Gasteiger partial charge in [0, 0.05) is 5.56 Å². The third kappa shape index (κ3) is 5.51. The van der Waals surface area contributed by atoms with E-state index in [9.17, 15) is 8.42 Å². The Bertz CT molecular complexity index is 1470. The first kappa shape index (κ1) is 25.6. The summed E-state index contributed by atoms with van der Waals surface area (Å²) in [7, 11) is -4.10. The molecular weight excluding hydrogens is 470 g/mol. The van der Waals surface area contributed by atoms with Gasteiger partial charge < -0.3 is 4.18 Å². The molecule has 4 aromatic rings. The first-order valence-electron chi connectivity index (χ1n) is 12.0. The van der Waals surface area contributed by atoms with Gasteiger partial charge in [0.2, 0.25) is 0 Å². The highest BCUT2D eigenvalue weighted by Gasteiger charge is 2.31. The standard InChI is InChI=1S/C29H33N3O3S/c1-7-13-21-18-22(29(5,6)20-28(2,3)4)19-26(32-30-24-16-11-12-17-25(24)31-32)27(21)35-36(33,34)23-14-9-8-10-15-23/h7-12,14-19H,1,13,20H2,2-6H3. The normalized spacial score (nSPS) is 12.6. The molecule has 1 heterocycles. The van der Waals surface area contributed by atoms with Crippen LogP contribution in [0.5, 0.6) is 5.75 Å². The topological polar surface area (TPSA) is 74.1 Å². The molecule has 0 spiro atoms. The molecule has 0 aliphatic heterocycles. The van der Waals surface area contributed by atoms with Gasteiger partial charge in [-0.15, -0.1) is 21.6 Å². The molecule has 36 heavy (non-hydrogen) atoms. The molecular formula is C29H33N3O3S. The first-order chi connectivity index (χ1) is 16.9. The van der Waals surface area contributed by atoms with Crippen molar-refractivity contribution >= 4 is 21.2 Å². The van der Waals surface area contributed by atoms with Crippen LogP contribution < -0.4 is 4.18 Å². The maximum Gasteiger partial charge on any atom is 0.339 e. The monoisotopic (exact) mass is 503 g/mol. The molecule has 0 aliphatic rings. The molecule has 0 fully saturated rings. The molecule has 0 N–H and O–H groups in total. The number of benzene rings is 3. The minimum atomic E-state index is -4.10. The Hall–Kier alpha value is -3.45. The Morgan fingerprint density at radius 3 is 2.06 bits per heavy atom. The number of nitrogens with zero attached hydrogens (tertiary/aromatic N) is 3. The van der Waals surface area contributed by atoms with Crippen LogP contribution >= 0.6 is 0 Å². The van der Waals surface area contributed by atoms with Crippen LogP contribution in [0.2, 0.25) is 0 Å². The highest BCUT2D eigenvalue weighted by Crippen LogP contribution is 2.41. The van der Waals surface area contributed by atoms with Gasteiger partial charge in [-0.2, -0.15) is 8.42 Å². The van der Waals surface area contributed by atoms with Gasteiger partial charge >= 0.3 is 10.1 Å². The second-order valence-electron chi connectivity index (χ2n) is 10.9. The third-order valence-corrected chi connectivity index (χ3v) is 7.23. The van der Waals surface area contributed by atoms with Crippen molar-refractivity contribution in [1.82, 2.24) is 15.0 Å². The molecule has 7 heteroatoms. The molecule has 1 aromatic heterocycles. The summed E-state index contributed by atoms with van der Waals surface area (Å²) in [4.78, 5) is 1.56. The predicted octanol–water partition coefficient (Wildman–Crippen LogP) is 6.63. The van der Waals surface area contributed by atoms with Gasteiger partial charge in [-0.3, -0.25) is 0 Å². The largest absolute Gasteiger partial charge is 0.376 e.